The Kier molecular flexibility index (Phi) is 3.39. The molecule has 1 aromatic rings. The van der Waals surface area contributed by atoms with Crippen molar-refractivity contribution in [1.82, 2.24) is 0 Å². The molecular weight excluding hydrogens is 228 g/mol. The molecule has 1 aromatic heterocycles. The summed E-state index contributed by atoms with van der Waals surface area (Å²) in [6, 6.07) is 2.11. The molecule has 1 nitrogen and oxygen atoms in total. The maximum atomic E-state index is 10.8. The van der Waals surface area contributed by atoms with E-state index in [1.807, 2.05) is 0 Å². The van der Waals surface area contributed by atoms with Gasteiger partial charge in [-0.3, -0.25) is 0 Å². The quantitative estimate of drug-likeness (QED) is 0.781. The second-order valence-electron chi connectivity index (χ2n) is 6.56. The maximum absolute atomic E-state index is 10.8. The average Bonchev–Trinajstić information content (AvgIpc) is 2.64. The maximum Gasteiger partial charge on any atom is 0.0907 e. The van der Waals surface area contributed by atoms with Crippen molar-refractivity contribution in [3.63, 3.8) is 0 Å². The highest BCUT2D eigenvalue weighted by atomic mass is 32.1. The fourth-order valence-electron chi connectivity index (χ4n) is 3.10. The first-order valence-corrected chi connectivity index (χ1v) is 7.48. The molecule has 1 saturated carbocycles. The third kappa shape index (κ3) is 2.58. The molecule has 0 saturated heterocycles. The van der Waals surface area contributed by atoms with Gasteiger partial charge in [0.1, 0.15) is 0 Å². The van der Waals surface area contributed by atoms with Gasteiger partial charge in [0.05, 0.1) is 5.60 Å². The summed E-state index contributed by atoms with van der Waals surface area (Å²) in [7, 11) is 0. The van der Waals surface area contributed by atoms with Gasteiger partial charge in [-0.1, -0.05) is 20.8 Å². The average molecular weight is 252 g/mol. The standard InChI is InChI=1S/C15H24OS/c1-11-13(7-10-17-11)15(16)8-5-12(6-9-15)14(2,3)4/h7,10,12,16H,5-6,8-9H2,1-4H3. The fraction of sp³-hybridized carbons (Fsp3) is 0.733. The molecule has 1 aliphatic rings. The zero-order chi connectivity index (χ0) is 12.7. The number of hydrogen-bond acceptors (Lipinski definition) is 2. The third-order valence-corrected chi connectivity index (χ3v) is 5.24. The van der Waals surface area contributed by atoms with Gasteiger partial charge in [-0.2, -0.15) is 0 Å². The number of rotatable bonds is 1. The van der Waals surface area contributed by atoms with E-state index in [1.54, 1.807) is 11.3 Å². The minimum atomic E-state index is -0.550. The Labute approximate surface area is 109 Å². The van der Waals surface area contributed by atoms with Crippen LogP contribution in [0.15, 0.2) is 11.4 Å². The summed E-state index contributed by atoms with van der Waals surface area (Å²) in [6.45, 7) is 9.07. The summed E-state index contributed by atoms with van der Waals surface area (Å²) in [5.74, 6) is 0.752. The Bertz CT molecular complexity index is 378. The highest BCUT2D eigenvalue weighted by Crippen LogP contribution is 2.46. The largest absolute Gasteiger partial charge is 0.385 e. The zero-order valence-corrected chi connectivity index (χ0v) is 12.2. The van der Waals surface area contributed by atoms with Crippen LogP contribution in [0, 0.1) is 18.3 Å². The van der Waals surface area contributed by atoms with Gasteiger partial charge in [0.15, 0.2) is 0 Å². The lowest BCUT2D eigenvalue weighted by Gasteiger charge is -2.41. The van der Waals surface area contributed by atoms with Crippen LogP contribution < -0.4 is 0 Å². The molecule has 17 heavy (non-hydrogen) atoms. The van der Waals surface area contributed by atoms with Crippen molar-refractivity contribution >= 4 is 11.3 Å². The van der Waals surface area contributed by atoms with E-state index in [9.17, 15) is 5.11 Å². The predicted octanol–water partition coefficient (Wildman–Crippen LogP) is 4.48. The van der Waals surface area contributed by atoms with Gasteiger partial charge in [0.25, 0.3) is 0 Å². The SMILES string of the molecule is Cc1sccc1C1(O)CCC(C(C)(C)C)CC1. The fourth-order valence-corrected chi connectivity index (χ4v) is 3.89. The van der Waals surface area contributed by atoms with Gasteiger partial charge in [0.2, 0.25) is 0 Å². The number of thiophene rings is 1. The van der Waals surface area contributed by atoms with Crippen LogP contribution >= 0.6 is 11.3 Å². The van der Waals surface area contributed by atoms with Crippen molar-refractivity contribution in [1.29, 1.82) is 0 Å². The van der Waals surface area contributed by atoms with Crippen LogP contribution in [0.5, 0.6) is 0 Å². The Hall–Kier alpha value is -0.340. The second-order valence-corrected chi connectivity index (χ2v) is 7.68. The summed E-state index contributed by atoms with van der Waals surface area (Å²) >= 11 is 1.74. The molecule has 0 bridgehead atoms. The molecule has 2 heteroatoms. The van der Waals surface area contributed by atoms with Gasteiger partial charge in [-0.15, -0.1) is 11.3 Å². The zero-order valence-electron chi connectivity index (χ0n) is 11.4. The van der Waals surface area contributed by atoms with E-state index < -0.39 is 5.60 Å². The first-order chi connectivity index (χ1) is 7.83. The second kappa shape index (κ2) is 4.40. The van der Waals surface area contributed by atoms with E-state index >= 15 is 0 Å². The van der Waals surface area contributed by atoms with Crippen LogP contribution in [0.1, 0.15) is 56.9 Å². The molecule has 0 radical (unpaired) electrons. The van der Waals surface area contributed by atoms with Crippen molar-refractivity contribution in [3.05, 3.63) is 21.9 Å². The highest BCUT2D eigenvalue weighted by Gasteiger charge is 2.39. The van der Waals surface area contributed by atoms with E-state index in [2.05, 4.69) is 39.1 Å². The molecule has 1 N–H and O–H groups in total. The summed E-state index contributed by atoms with van der Waals surface area (Å²) in [4.78, 5) is 1.28. The molecule has 1 heterocycles. The van der Waals surface area contributed by atoms with Crippen LogP contribution in [0.25, 0.3) is 0 Å². The van der Waals surface area contributed by atoms with Crippen molar-refractivity contribution in [2.24, 2.45) is 11.3 Å². The summed E-state index contributed by atoms with van der Waals surface area (Å²) < 4.78 is 0. The minimum absolute atomic E-state index is 0.380. The molecule has 0 unspecified atom stereocenters. The Morgan fingerprint density at radius 3 is 2.29 bits per heavy atom. The Morgan fingerprint density at radius 2 is 1.88 bits per heavy atom. The molecule has 0 amide bonds. The lowest BCUT2D eigenvalue weighted by atomic mass is 9.67. The van der Waals surface area contributed by atoms with E-state index in [0.717, 1.165) is 31.6 Å². The van der Waals surface area contributed by atoms with Crippen LogP contribution in [0.4, 0.5) is 0 Å². The monoisotopic (exact) mass is 252 g/mol. The van der Waals surface area contributed by atoms with Crippen LogP contribution in [-0.2, 0) is 5.60 Å². The van der Waals surface area contributed by atoms with Gasteiger partial charge < -0.3 is 5.11 Å². The molecule has 0 spiro atoms. The summed E-state index contributed by atoms with van der Waals surface area (Å²) in [6.07, 6.45) is 4.14. The van der Waals surface area contributed by atoms with Crippen LogP contribution in [0.2, 0.25) is 0 Å². The summed E-state index contributed by atoms with van der Waals surface area (Å²) in [5, 5.41) is 12.9. The third-order valence-electron chi connectivity index (χ3n) is 4.40. The molecule has 1 fully saturated rings. The molecule has 0 atom stereocenters. The normalized spacial score (nSPS) is 30.5. The molecule has 1 aliphatic carbocycles. The van der Waals surface area contributed by atoms with Gasteiger partial charge >= 0.3 is 0 Å². The summed E-state index contributed by atoms with van der Waals surface area (Å²) in [5.41, 5.74) is 1.01. The van der Waals surface area contributed by atoms with E-state index in [-0.39, 0.29) is 0 Å². The van der Waals surface area contributed by atoms with Gasteiger partial charge in [-0.05, 0) is 60.9 Å². The van der Waals surface area contributed by atoms with Crippen molar-refractivity contribution in [2.45, 2.75) is 59.0 Å². The Morgan fingerprint density at radius 1 is 1.29 bits per heavy atom. The molecule has 0 aliphatic heterocycles. The first-order valence-electron chi connectivity index (χ1n) is 6.60. The smallest absolute Gasteiger partial charge is 0.0907 e. The first kappa shape index (κ1) is 13.1. The van der Waals surface area contributed by atoms with Gasteiger partial charge in [-0.25, -0.2) is 0 Å². The number of hydrogen-bond donors (Lipinski definition) is 1. The van der Waals surface area contributed by atoms with E-state index in [0.29, 0.717) is 5.41 Å². The van der Waals surface area contributed by atoms with E-state index in [1.165, 1.54) is 10.4 Å². The van der Waals surface area contributed by atoms with Crippen LogP contribution in [0.3, 0.4) is 0 Å². The Balaban J connectivity index is 2.11. The lowest BCUT2D eigenvalue weighted by Crippen LogP contribution is -2.35. The van der Waals surface area contributed by atoms with Crippen molar-refractivity contribution < 1.29 is 5.11 Å². The highest BCUT2D eigenvalue weighted by molar-refractivity contribution is 7.10. The number of aryl methyl sites for hydroxylation is 1. The molecule has 0 aromatic carbocycles. The van der Waals surface area contributed by atoms with E-state index in [4.69, 9.17) is 0 Å². The number of aliphatic hydroxyl groups is 1. The van der Waals surface area contributed by atoms with Crippen molar-refractivity contribution in [2.75, 3.05) is 0 Å². The minimum Gasteiger partial charge on any atom is -0.385 e. The molecule has 2 rings (SSSR count). The topological polar surface area (TPSA) is 20.2 Å². The predicted molar refractivity (Wildman–Crippen MR) is 74.4 cm³/mol. The van der Waals surface area contributed by atoms with Crippen LogP contribution in [-0.4, -0.2) is 5.11 Å². The lowest BCUT2D eigenvalue weighted by molar-refractivity contribution is -0.0298. The molecule has 96 valence electrons. The van der Waals surface area contributed by atoms with Crippen molar-refractivity contribution in [3.8, 4) is 0 Å². The van der Waals surface area contributed by atoms with Gasteiger partial charge in [0, 0.05) is 4.88 Å². The molecular formula is C15H24OS.